The predicted molar refractivity (Wildman–Crippen MR) is 82.9 cm³/mol. The van der Waals surface area contributed by atoms with Gasteiger partial charge in [0.25, 0.3) is 5.56 Å². The van der Waals surface area contributed by atoms with Gasteiger partial charge in [0.2, 0.25) is 0 Å². The molecule has 112 valence electrons. The number of hydrogen-bond donors (Lipinski definition) is 1. The summed E-state index contributed by atoms with van der Waals surface area (Å²) in [5.41, 5.74) is 2.34. The van der Waals surface area contributed by atoms with E-state index in [4.69, 9.17) is 4.74 Å². The third-order valence-electron chi connectivity index (χ3n) is 4.03. The quantitative estimate of drug-likeness (QED) is 0.678. The Morgan fingerprint density at radius 3 is 2.76 bits per heavy atom. The van der Waals surface area contributed by atoms with E-state index in [0.717, 1.165) is 42.7 Å². The lowest BCUT2D eigenvalue weighted by atomic mass is 10.1. The van der Waals surface area contributed by atoms with E-state index in [1.807, 2.05) is 30.3 Å². The number of H-pyrrole nitrogens is 1. The molecule has 4 heteroatoms. The maximum Gasteiger partial charge on any atom is 0.269 e. The first-order valence-electron chi connectivity index (χ1n) is 7.83. The molecule has 21 heavy (non-hydrogen) atoms. The number of aromatic nitrogens is 2. The molecule has 1 aromatic heterocycles. The van der Waals surface area contributed by atoms with Crippen LogP contribution in [0.15, 0.2) is 35.1 Å². The molecular weight excluding hydrogens is 264 g/mol. The van der Waals surface area contributed by atoms with Crippen LogP contribution in [0.3, 0.4) is 0 Å². The zero-order chi connectivity index (χ0) is 14.5. The second-order valence-corrected chi connectivity index (χ2v) is 5.60. The minimum Gasteiger partial charge on any atom is -0.494 e. The van der Waals surface area contributed by atoms with Crippen molar-refractivity contribution >= 4 is 0 Å². The number of aryl methyl sites for hydroxylation is 2. The number of aromatic amines is 1. The third kappa shape index (κ3) is 3.38. The van der Waals surface area contributed by atoms with E-state index in [1.165, 1.54) is 12.8 Å². The van der Waals surface area contributed by atoms with E-state index in [-0.39, 0.29) is 5.56 Å². The molecule has 0 amide bonds. The van der Waals surface area contributed by atoms with E-state index in [1.54, 1.807) is 4.68 Å². The van der Waals surface area contributed by atoms with Crippen molar-refractivity contribution in [3.05, 3.63) is 51.9 Å². The maximum atomic E-state index is 12.3. The molecular formula is C17H22N2O2. The highest BCUT2D eigenvalue weighted by Crippen LogP contribution is 2.16. The van der Waals surface area contributed by atoms with Crippen molar-refractivity contribution in [1.82, 2.24) is 9.78 Å². The Morgan fingerprint density at radius 1 is 1.10 bits per heavy atom. The topological polar surface area (TPSA) is 47.0 Å². The van der Waals surface area contributed by atoms with Crippen molar-refractivity contribution in [2.75, 3.05) is 6.61 Å². The van der Waals surface area contributed by atoms with Crippen LogP contribution < -0.4 is 10.3 Å². The highest BCUT2D eigenvalue weighted by atomic mass is 16.5. The number of benzene rings is 1. The number of fused-ring (bicyclic) bond motifs is 1. The standard InChI is InChI=1S/C17H22N2O2/c20-17-15-10-5-2-6-11-16(15)18-19(17)12-7-13-21-14-8-3-1-4-9-14/h1,3-4,8-9,18H,2,5-7,10-13H2. The van der Waals surface area contributed by atoms with Gasteiger partial charge in [-0.25, -0.2) is 0 Å². The van der Waals surface area contributed by atoms with Gasteiger partial charge in [0, 0.05) is 24.2 Å². The lowest BCUT2D eigenvalue weighted by molar-refractivity contribution is 0.297. The van der Waals surface area contributed by atoms with E-state index in [0.29, 0.717) is 13.2 Å². The van der Waals surface area contributed by atoms with E-state index in [2.05, 4.69) is 5.10 Å². The van der Waals surface area contributed by atoms with Gasteiger partial charge in [0.15, 0.2) is 0 Å². The molecule has 0 radical (unpaired) electrons. The molecule has 3 rings (SSSR count). The van der Waals surface area contributed by atoms with Crippen LogP contribution in [0.1, 0.15) is 36.9 Å². The maximum absolute atomic E-state index is 12.3. The Kier molecular flexibility index (Phi) is 4.43. The number of hydrogen-bond acceptors (Lipinski definition) is 2. The molecule has 0 fully saturated rings. The number of nitrogens with one attached hydrogen (secondary N) is 1. The molecule has 1 heterocycles. The highest BCUT2D eigenvalue weighted by molar-refractivity contribution is 5.21. The number of ether oxygens (including phenoxy) is 1. The van der Waals surface area contributed by atoms with Crippen molar-refractivity contribution in [2.45, 2.75) is 45.1 Å². The summed E-state index contributed by atoms with van der Waals surface area (Å²) in [5, 5.41) is 3.29. The molecule has 2 aromatic rings. The van der Waals surface area contributed by atoms with Gasteiger partial charge < -0.3 is 4.74 Å². The summed E-state index contributed by atoms with van der Waals surface area (Å²) in [6.07, 6.45) is 6.32. The highest BCUT2D eigenvalue weighted by Gasteiger charge is 2.15. The van der Waals surface area contributed by atoms with Crippen LogP contribution in [0.4, 0.5) is 0 Å². The summed E-state index contributed by atoms with van der Waals surface area (Å²) in [6.45, 7) is 1.32. The first kappa shape index (κ1) is 14.0. The average molecular weight is 286 g/mol. The molecule has 0 spiro atoms. The van der Waals surface area contributed by atoms with Crippen LogP contribution >= 0.6 is 0 Å². The minimum atomic E-state index is 0.173. The summed E-state index contributed by atoms with van der Waals surface area (Å²) in [7, 11) is 0. The summed E-state index contributed by atoms with van der Waals surface area (Å²) < 4.78 is 7.41. The number of nitrogens with zero attached hydrogens (tertiary/aromatic N) is 1. The van der Waals surface area contributed by atoms with Gasteiger partial charge in [0.05, 0.1) is 6.61 Å². The fourth-order valence-corrected chi connectivity index (χ4v) is 2.90. The Balaban J connectivity index is 1.55. The van der Waals surface area contributed by atoms with E-state index < -0.39 is 0 Å². The van der Waals surface area contributed by atoms with Crippen LogP contribution in [0.2, 0.25) is 0 Å². The van der Waals surface area contributed by atoms with E-state index >= 15 is 0 Å². The van der Waals surface area contributed by atoms with Gasteiger partial charge in [-0.2, -0.15) is 0 Å². The van der Waals surface area contributed by atoms with Crippen LogP contribution in [0.25, 0.3) is 0 Å². The molecule has 1 N–H and O–H groups in total. The van der Waals surface area contributed by atoms with Crippen LogP contribution in [0, 0.1) is 0 Å². The fourth-order valence-electron chi connectivity index (χ4n) is 2.90. The Morgan fingerprint density at radius 2 is 1.90 bits per heavy atom. The van der Waals surface area contributed by atoms with Gasteiger partial charge in [-0.05, 0) is 37.8 Å². The molecule has 1 aliphatic rings. The average Bonchev–Trinajstić information content (AvgIpc) is 2.69. The second-order valence-electron chi connectivity index (χ2n) is 5.60. The van der Waals surface area contributed by atoms with Crippen molar-refractivity contribution in [1.29, 1.82) is 0 Å². The Hall–Kier alpha value is -1.97. The fraction of sp³-hybridized carbons (Fsp3) is 0.471. The van der Waals surface area contributed by atoms with E-state index in [9.17, 15) is 4.79 Å². The van der Waals surface area contributed by atoms with Crippen molar-refractivity contribution in [3.8, 4) is 5.75 Å². The molecule has 0 aliphatic heterocycles. The molecule has 0 saturated heterocycles. The lowest BCUT2D eigenvalue weighted by Gasteiger charge is -2.06. The van der Waals surface area contributed by atoms with Gasteiger partial charge >= 0.3 is 0 Å². The Labute approximate surface area is 124 Å². The number of para-hydroxylation sites is 1. The molecule has 0 bridgehead atoms. The van der Waals surface area contributed by atoms with Gasteiger partial charge in [0.1, 0.15) is 5.75 Å². The first-order valence-corrected chi connectivity index (χ1v) is 7.83. The zero-order valence-corrected chi connectivity index (χ0v) is 12.3. The normalized spacial score (nSPS) is 14.5. The summed E-state index contributed by atoms with van der Waals surface area (Å²) >= 11 is 0. The first-order chi connectivity index (χ1) is 10.3. The summed E-state index contributed by atoms with van der Waals surface area (Å²) in [4.78, 5) is 12.3. The Bertz CT molecular complexity index is 628. The van der Waals surface area contributed by atoms with Gasteiger partial charge in [-0.1, -0.05) is 24.6 Å². The minimum absolute atomic E-state index is 0.173. The molecule has 4 nitrogen and oxygen atoms in total. The van der Waals surface area contributed by atoms with Crippen LogP contribution in [-0.2, 0) is 19.4 Å². The molecule has 0 atom stereocenters. The molecule has 0 unspecified atom stereocenters. The third-order valence-corrected chi connectivity index (χ3v) is 4.03. The van der Waals surface area contributed by atoms with Gasteiger partial charge in [-0.3, -0.25) is 14.6 Å². The molecule has 1 aromatic carbocycles. The largest absolute Gasteiger partial charge is 0.494 e. The predicted octanol–water partition coefficient (Wildman–Crippen LogP) is 2.91. The van der Waals surface area contributed by atoms with Crippen molar-refractivity contribution in [2.24, 2.45) is 0 Å². The van der Waals surface area contributed by atoms with Crippen molar-refractivity contribution in [3.63, 3.8) is 0 Å². The second kappa shape index (κ2) is 6.66. The van der Waals surface area contributed by atoms with Gasteiger partial charge in [-0.15, -0.1) is 0 Å². The van der Waals surface area contributed by atoms with Crippen molar-refractivity contribution < 1.29 is 4.74 Å². The monoisotopic (exact) mass is 286 g/mol. The summed E-state index contributed by atoms with van der Waals surface area (Å²) in [6, 6.07) is 9.79. The lowest BCUT2D eigenvalue weighted by Crippen LogP contribution is -2.20. The zero-order valence-electron chi connectivity index (χ0n) is 12.3. The smallest absolute Gasteiger partial charge is 0.269 e. The molecule has 0 saturated carbocycles. The summed E-state index contributed by atoms with van der Waals surface area (Å²) in [5.74, 6) is 0.882. The SMILES string of the molecule is O=c1c2c([nH]n1CCCOc1ccccc1)CCCCC2. The molecule has 1 aliphatic carbocycles. The van der Waals surface area contributed by atoms with Crippen LogP contribution in [-0.4, -0.2) is 16.4 Å². The van der Waals surface area contributed by atoms with Crippen LogP contribution in [0.5, 0.6) is 5.75 Å². The number of rotatable bonds is 5.